The largest absolute Gasteiger partial charge is 0.371 e. The van der Waals surface area contributed by atoms with Gasteiger partial charge in [0.1, 0.15) is 0 Å². The Kier molecular flexibility index (Phi) is 3.29. The van der Waals surface area contributed by atoms with Gasteiger partial charge >= 0.3 is 0 Å². The first-order valence-corrected chi connectivity index (χ1v) is 6.83. The fraction of sp³-hybridized carbons (Fsp3) is 0.571. The van der Waals surface area contributed by atoms with Gasteiger partial charge in [-0.05, 0) is 42.0 Å². The molecule has 0 atom stereocenters. The van der Waals surface area contributed by atoms with Gasteiger partial charge in [-0.15, -0.1) is 0 Å². The molecule has 0 radical (unpaired) electrons. The molecule has 16 heavy (non-hydrogen) atoms. The average molecular weight is 282 g/mol. The molecule has 0 aromatic heterocycles. The average Bonchev–Trinajstić information content (AvgIpc) is 2.69. The molecule has 1 nitrogen and oxygen atoms in total. The van der Waals surface area contributed by atoms with Gasteiger partial charge in [0.25, 0.3) is 0 Å². The summed E-state index contributed by atoms with van der Waals surface area (Å²) in [6, 6.07) is 6.69. The standard InChI is InChI=1S/C14H20BrN/c1-14(2,3)12-10-11(15)6-7-13(12)16-8-4-5-9-16/h6-7,10H,4-5,8-9H2,1-3H3. The zero-order valence-corrected chi connectivity index (χ0v) is 12.0. The molecule has 1 heterocycles. The van der Waals surface area contributed by atoms with Crippen LogP contribution in [0.3, 0.4) is 0 Å². The Labute approximate surface area is 107 Å². The fourth-order valence-corrected chi connectivity index (χ4v) is 2.70. The normalized spacial score (nSPS) is 16.9. The van der Waals surface area contributed by atoms with E-state index < -0.39 is 0 Å². The topological polar surface area (TPSA) is 3.24 Å². The number of rotatable bonds is 1. The molecule has 0 spiro atoms. The summed E-state index contributed by atoms with van der Waals surface area (Å²) in [5.74, 6) is 0. The van der Waals surface area contributed by atoms with Gasteiger partial charge in [-0.2, -0.15) is 0 Å². The highest BCUT2D eigenvalue weighted by atomic mass is 79.9. The van der Waals surface area contributed by atoms with Gasteiger partial charge in [-0.3, -0.25) is 0 Å². The fourth-order valence-electron chi connectivity index (χ4n) is 2.34. The Balaban J connectivity index is 2.43. The smallest absolute Gasteiger partial charge is 0.0404 e. The molecular weight excluding hydrogens is 262 g/mol. The lowest BCUT2D eigenvalue weighted by atomic mass is 9.85. The maximum atomic E-state index is 3.58. The van der Waals surface area contributed by atoms with E-state index in [1.165, 1.54) is 41.7 Å². The van der Waals surface area contributed by atoms with Crippen LogP contribution >= 0.6 is 15.9 Å². The first-order chi connectivity index (χ1) is 7.48. The van der Waals surface area contributed by atoms with Crippen molar-refractivity contribution in [2.45, 2.75) is 39.0 Å². The summed E-state index contributed by atoms with van der Waals surface area (Å²) in [6.07, 6.45) is 2.67. The van der Waals surface area contributed by atoms with Crippen molar-refractivity contribution in [1.29, 1.82) is 0 Å². The highest BCUT2D eigenvalue weighted by molar-refractivity contribution is 9.10. The third kappa shape index (κ3) is 2.42. The summed E-state index contributed by atoms with van der Waals surface area (Å²) in [4.78, 5) is 2.52. The minimum absolute atomic E-state index is 0.210. The molecule has 0 bridgehead atoms. The lowest BCUT2D eigenvalue weighted by Crippen LogP contribution is -2.23. The highest BCUT2D eigenvalue weighted by Gasteiger charge is 2.23. The van der Waals surface area contributed by atoms with E-state index in [4.69, 9.17) is 0 Å². The molecule has 1 aliphatic rings. The predicted octanol–water partition coefficient (Wildman–Crippen LogP) is 4.35. The quantitative estimate of drug-likeness (QED) is 0.740. The molecule has 2 rings (SSSR count). The Morgan fingerprint density at radius 3 is 2.31 bits per heavy atom. The molecule has 0 amide bonds. The molecule has 1 saturated heterocycles. The van der Waals surface area contributed by atoms with Crippen LogP contribution in [0, 0.1) is 0 Å². The van der Waals surface area contributed by atoms with E-state index in [2.05, 4.69) is 59.8 Å². The van der Waals surface area contributed by atoms with Crippen LogP contribution in [-0.4, -0.2) is 13.1 Å². The second-order valence-corrected chi connectivity index (χ2v) is 6.52. The van der Waals surface area contributed by atoms with Crippen molar-refractivity contribution in [2.75, 3.05) is 18.0 Å². The van der Waals surface area contributed by atoms with Crippen molar-refractivity contribution < 1.29 is 0 Å². The Morgan fingerprint density at radius 2 is 1.75 bits per heavy atom. The molecule has 88 valence electrons. The maximum absolute atomic E-state index is 3.58. The lowest BCUT2D eigenvalue weighted by molar-refractivity contribution is 0.588. The third-order valence-corrected chi connectivity index (χ3v) is 3.71. The molecule has 1 fully saturated rings. The van der Waals surface area contributed by atoms with Crippen LogP contribution in [0.15, 0.2) is 22.7 Å². The summed E-state index contributed by atoms with van der Waals surface area (Å²) in [5.41, 5.74) is 3.08. The Morgan fingerprint density at radius 1 is 1.12 bits per heavy atom. The van der Waals surface area contributed by atoms with E-state index in [0.29, 0.717) is 0 Å². The van der Waals surface area contributed by atoms with Gasteiger partial charge < -0.3 is 4.90 Å². The molecule has 1 aromatic carbocycles. The van der Waals surface area contributed by atoms with Crippen LogP contribution in [0.1, 0.15) is 39.2 Å². The van der Waals surface area contributed by atoms with Crippen LogP contribution in [0.4, 0.5) is 5.69 Å². The van der Waals surface area contributed by atoms with Gasteiger partial charge in [0.15, 0.2) is 0 Å². The summed E-state index contributed by atoms with van der Waals surface area (Å²) < 4.78 is 1.18. The van der Waals surface area contributed by atoms with Crippen molar-refractivity contribution in [2.24, 2.45) is 0 Å². The van der Waals surface area contributed by atoms with E-state index in [9.17, 15) is 0 Å². The molecule has 0 unspecified atom stereocenters. The molecule has 2 heteroatoms. The van der Waals surface area contributed by atoms with Crippen LogP contribution in [0.2, 0.25) is 0 Å². The Bertz CT molecular complexity index is 373. The second-order valence-electron chi connectivity index (χ2n) is 5.61. The van der Waals surface area contributed by atoms with Gasteiger partial charge in [0, 0.05) is 23.2 Å². The summed E-state index contributed by atoms with van der Waals surface area (Å²) >= 11 is 3.58. The summed E-state index contributed by atoms with van der Waals surface area (Å²) in [6.45, 7) is 9.28. The van der Waals surface area contributed by atoms with Gasteiger partial charge in [0.05, 0.1) is 0 Å². The molecule has 1 aromatic rings. The van der Waals surface area contributed by atoms with Crippen molar-refractivity contribution >= 4 is 21.6 Å². The first-order valence-electron chi connectivity index (χ1n) is 6.03. The number of benzene rings is 1. The van der Waals surface area contributed by atoms with E-state index in [1.807, 2.05) is 0 Å². The van der Waals surface area contributed by atoms with E-state index in [1.54, 1.807) is 0 Å². The van der Waals surface area contributed by atoms with Gasteiger partial charge in [-0.25, -0.2) is 0 Å². The SMILES string of the molecule is CC(C)(C)c1cc(Br)ccc1N1CCCC1. The molecule has 0 saturated carbocycles. The van der Waals surface area contributed by atoms with Crippen molar-refractivity contribution in [3.8, 4) is 0 Å². The van der Waals surface area contributed by atoms with Crippen LogP contribution < -0.4 is 4.90 Å². The lowest BCUT2D eigenvalue weighted by Gasteiger charge is -2.28. The highest BCUT2D eigenvalue weighted by Crippen LogP contribution is 2.35. The molecule has 1 aliphatic heterocycles. The van der Waals surface area contributed by atoms with Crippen LogP contribution in [-0.2, 0) is 5.41 Å². The number of hydrogen-bond donors (Lipinski definition) is 0. The molecule has 0 N–H and O–H groups in total. The van der Waals surface area contributed by atoms with Crippen molar-refractivity contribution in [3.05, 3.63) is 28.2 Å². The monoisotopic (exact) mass is 281 g/mol. The maximum Gasteiger partial charge on any atom is 0.0404 e. The predicted molar refractivity (Wildman–Crippen MR) is 74.3 cm³/mol. The van der Waals surface area contributed by atoms with Gasteiger partial charge in [-0.1, -0.05) is 36.7 Å². The van der Waals surface area contributed by atoms with E-state index >= 15 is 0 Å². The number of hydrogen-bond acceptors (Lipinski definition) is 1. The van der Waals surface area contributed by atoms with Crippen molar-refractivity contribution in [1.82, 2.24) is 0 Å². The number of nitrogens with zero attached hydrogens (tertiary/aromatic N) is 1. The molecular formula is C14H20BrN. The minimum atomic E-state index is 0.210. The van der Waals surface area contributed by atoms with Crippen LogP contribution in [0.25, 0.3) is 0 Å². The van der Waals surface area contributed by atoms with Crippen molar-refractivity contribution in [3.63, 3.8) is 0 Å². The summed E-state index contributed by atoms with van der Waals surface area (Å²) in [5, 5.41) is 0. The third-order valence-electron chi connectivity index (χ3n) is 3.21. The first kappa shape index (κ1) is 12.0. The van der Waals surface area contributed by atoms with Crippen LogP contribution in [0.5, 0.6) is 0 Å². The van der Waals surface area contributed by atoms with E-state index in [0.717, 1.165) is 0 Å². The zero-order valence-electron chi connectivity index (χ0n) is 10.4. The zero-order chi connectivity index (χ0) is 11.8. The minimum Gasteiger partial charge on any atom is -0.371 e. The van der Waals surface area contributed by atoms with E-state index in [-0.39, 0.29) is 5.41 Å². The Hall–Kier alpha value is -0.500. The summed E-state index contributed by atoms with van der Waals surface area (Å²) in [7, 11) is 0. The number of anilines is 1. The van der Waals surface area contributed by atoms with Gasteiger partial charge in [0.2, 0.25) is 0 Å². The molecule has 0 aliphatic carbocycles. The number of halogens is 1. The second kappa shape index (κ2) is 4.40.